The maximum atomic E-state index is 13.7. The molecule has 2 atom stereocenters. The molecule has 2 fully saturated rings. The average molecular weight is 255 g/mol. The van der Waals surface area contributed by atoms with E-state index in [1.807, 2.05) is 0 Å². The molecule has 0 radical (unpaired) electrons. The largest absolute Gasteiger partial charge is 0.378 e. The lowest BCUT2D eigenvalue weighted by molar-refractivity contribution is 0.318. The first-order valence-electron chi connectivity index (χ1n) is 6.20. The molecule has 2 aliphatic rings. The highest BCUT2D eigenvalue weighted by molar-refractivity contribution is 6.30. The Hall–Kier alpha value is -0.800. The summed E-state index contributed by atoms with van der Waals surface area (Å²) in [6.45, 7) is 2.34. The van der Waals surface area contributed by atoms with Crippen molar-refractivity contribution in [2.45, 2.75) is 31.3 Å². The molecule has 0 bridgehead atoms. The molecule has 2 nitrogen and oxygen atoms in total. The van der Waals surface area contributed by atoms with Gasteiger partial charge in [-0.3, -0.25) is 4.90 Å². The molecule has 2 unspecified atom stereocenters. The minimum atomic E-state index is -0.256. The van der Waals surface area contributed by atoms with Gasteiger partial charge in [-0.2, -0.15) is 0 Å². The Balaban J connectivity index is 1.74. The predicted octanol–water partition coefficient (Wildman–Crippen LogP) is 3.13. The summed E-state index contributed by atoms with van der Waals surface area (Å²) >= 11 is 5.75. The molecule has 4 heteroatoms. The maximum absolute atomic E-state index is 13.7. The lowest BCUT2D eigenvalue weighted by Gasteiger charge is -2.22. The van der Waals surface area contributed by atoms with E-state index in [1.54, 1.807) is 12.1 Å². The molecule has 1 aromatic carbocycles. The van der Waals surface area contributed by atoms with E-state index in [-0.39, 0.29) is 5.82 Å². The fourth-order valence-electron chi connectivity index (χ4n) is 3.06. The monoisotopic (exact) mass is 254 g/mol. The van der Waals surface area contributed by atoms with Crippen molar-refractivity contribution in [3.63, 3.8) is 0 Å². The van der Waals surface area contributed by atoms with Crippen molar-refractivity contribution >= 4 is 17.3 Å². The summed E-state index contributed by atoms with van der Waals surface area (Å²) in [5.41, 5.74) is 0.577. The van der Waals surface area contributed by atoms with Gasteiger partial charge in [0.05, 0.1) is 5.69 Å². The summed E-state index contributed by atoms with van der Waals surface area (Å²) < 4.78 is 13.7. The van der Waals surface area contributed by atoms with Crippen molar-refractivity contribution in [2.24, 2.45) is 0 Å². The third-order valence-electron chi connectivity index (χ3n) is 3.88. The first-order valence-corrected chi connectivity index (χ1v) is 6.57. The number of anilines is 1. The fourth-order valence-corrected chi connectivity index (χ4v) is 3.22. The van der Waals surface area contributed by atoms with Gasteiger partial charge in [0.15, 0.2) is 0 Å². The molecule has 0 amide bonds. The SMILES string of the molecule is Fc1cc(Cl)ccc1NC1CCN2CCCC12. The molecular formula is C13H16ClFN2. The van der Waals surface area contributed by atoms with E-state index in [2.05, 4.69) is 10.2 Å². The normalized spacial score (nSPS) is 28.4. The number of nitrogens with zero attached hydrogens (tertiary/aromatic N) is 1. The van der Waals surface area contributed by atoms with Crippen LogP contribution in [0.1, 0.15) is 19.3 Å². The second-order valence-electron chi connectivity index (χ2n) is 4.91. The number of hydrogen-bond donors (Lipinski definition) is 1. The third-order valence-corrected chi connectivity index (χ3v) is 4.11. The van der Waals surface area contributed by atoms with E-state index in [4.69, 9.17) is 11.6 Å². The summed E-state index contributed by atoms with van der Waals surface area (Å²) in [5, 5.41) is 3.78. The average Bonchev–Trinajstić information content (AvgIpc) is 2.86. The summed E-state index contributed by atoms with van der Waals surface area (Å²) in [6, 6.07) is 5.80. The van der Waals surface area contributed by atoms with Gasteiger partial charge in [0.25, 0.3) is 0 Å². The van der Waals surface area contributed by atoms with E-state index in [1.165, 1.54) is 25.5 Å². The van der Waals surface area contributed by atoms with Crippen molar-refractivity contribution in [1.29, 1.82) is 0 Å². The molecule has 92 valence electrons. The molecule has 0 spiro atoms. The second kappa shape index (κ2) is 4.46. The van der Waals surface area contributed by atoms with Crippen molar-refractivity contribution in [2.75, 3.05) is 18.4 Å². The van der Waals surface area contributed by atoms with Gasteiger partial charge < -0.3 is 5.32 Å². The standard InChI is InChI=1S/C13H16ClFN2/c14-9-3-4-11(10(15)8-9)16-12-5-7-17-6-1-2-13(12)17/h3-4,8,12-13,16H,1-2,5-7H2. The fraction of sp³-hybridized carbons (Fsp3) is 0.538. The first kappa shape index (κ1) is 11.3. The van der Waals surface area contributed by atoms with Crippen LogP contribution < -0.4 is 5.32 Å². The Bertz CT molecular complexity index is 424. The summed E-state index contributed by atoms with van der Waals surface area (Å²) in [7, 11) is 0. The van der Waals surface area contributed by atoms with Gasteiger partial charge in [-0.1, -0.05) is 11.6 Å². The van der Waals surface area contributed by atoms with Gasteiger partial charge in [-0.15, -0.1) is 0 Å². The van der Waals surface area contributed by atoms with Crippen LogP contribution >= 0.6 is 11.6 Å². The van der Waals surface area contributed by atoms with Crippen LogP contribution in [0.2, 0.25) is 5.02 Å². The lowest BCUT2D eigenvalue weighted by Crippen LogP contribution is -2.33. The number of halogens is 2. The van der Waals surface area contributed by atoms with Crippen molar-refractivity contribution in [3.8, 4) is 0 Å². The first-order chi connectivity index (χ1) is 8.24. The minimum Gasteiger partial charge on any atom is -0.378 e. The highest BCUT2D eigenvalue weighted by Crippen LogP contribution is 2.31. The molecule has 3 rings (SSSR count). The Kier molecular flexibility index (Phi) is 2.97. The van der Waals surface area contributed by atoms with Crippen LogP contribution in [0.4, 0.5) is 10.1 Å². The minimum absolute atomic E-state index is 0.256. The Morgan fingerprint density at radius 1 is 1.29 bits per heavy atom. The van der Waals surface area contributed by atoms with E-state index in [9.17, 15) is 4.39 Å². The van der Waals surface area contributed by atoms with Gasteiger partial charge in [0.2, 0.25) is 0 Å². The zero-order chi connectivity index (χ0) is 11.8. The van der Waals surface area contributed by atoms with Crippen LogP contribution in [-0.2, 0) is 0 Å². The van der Waals surface area contributed by atoms with E-state index >= 15 is 0 Å². The van der Waals surface area contributed by atoms with Crippen LogP contribution in [-0.4, -0.2) is 30.1 Å². The zero-order valence-electron chi connectivity index (χ0n) is 9.63. The molecule has 0 aliphatic carbocycles. The highest BCUT2D eigenvalue weighted by Gasteiger charge is 2.37. The number of nitrogens with one attached hydrogen (secondary N) is 1. The van der Waals surface area contributed by atoms with Gasteiger partial charge in [-0.05, 0) is 44.0 Å². The Morgan fingerprint density at radius 3 is 3.00 bits per heavy atom. The van der Waals surface area contributed by atoms with E-state index in [0.29, 0.717) is 22.8 Å². The molecular weight excluding hydrogens is 239 g/mol. The van der Waals surface area contributed by atoms with Crippen molar-refractivity contribution < 1.29 is 4.39 Å². The molecule has 2 saturated heterocycles. The molecule has 2 heterocycles. The second-order valence-corrected chi connectivity index (χ2v) is 5.35. The number of rotatable bonds is 2. The van der Waals surface area contributed by atoms with E-state index in [0.717, 1.165) is 13.0 Å². The summed E-state index contributed by atoms with van der Waals surface area (Å²) in [4.78, 5) is 2.51. The quantitative estimate of drug-likeness (QED) is 0.872. The molecule has 0 saturated carbocycles. The van der Waals surface area contributed by atoms with Crippen LogP contribution in [0.5, 0.6) is 0 Å². The molecule has 17 heavy (non-hydrogen) atoms. The zero-order valence-corrected chi connectivity index (χ0v) is 10.4. The van der Waals surface area contributed by atoms with Crippen LogP contribution in [0, 0.1) is 5.82 Å². The summed E-state index contributed by atoms with van der Waals surface area (Å²) in [5.74, 6) is -0.256. The molecule has 0 aromatic heterocycles. The molecule has 2 aliphatic heterocycles. The Morgan fingerprint density at radius 2 is 2.18 bits per heavy atom. The van der Waals surface area contributed by atoms with Gasteiger partial charge in [-0.25, -0.2) is 4.39 Å². The Labute approximate surface area is 106 Å². The highest BCUT2D eigenvalue weighted by atomic mass is 35.5. The van der Waals surface area contributed by atoms with E-state index < -0.39 is 0 Å². The number of benzene rings is 1. The summed E-state index contributed by atoms with van der Waals surface area (Å²) in [6.07, 6.45) is 3.60. The lowest BCUT2D eigenvalue weighted by atomic mass is 10.1. The van der Waals surface area contributed by atoms with Crippen molar-refractivity contribution in [3.05, 3.63) is 29.0 Å². The maximum Gasteiger partial charge on any atom is 0.147 e. The van der Waals surface area contributed by atoms with Crippen LogP contribution in [0.3, 0.4) is 0 Å². The number of fused-ring (bicyclic) bond motifs is 1. The predicted molar refractivity (Wildman–Crippen MR) is 68.0 cm³/mol. The molecule has 1 aromatic rings. The van der Waals surface area contributed by atoms with Gasteiger partial charge in [0, 0.05) is 23.7 Å². The van der Waals surface area contributed by atoms with Crippen LogP contribution in [0.25, 0.3) is 0 Å². The van der Waals surface area contributed by atoms with Gasteiger partial charge >= 0.3 is 0 Å². The van der Waals surface area contributed by atoms with Crippen molar-refractivity contribution in [1.82, 2.24) is 4.90 Å². The smallest absolute Gasteiger partial charge is 0.147 e. The van der Waals surface area contributed by atoms with Crippen LogP contribution in [0.15, 0.2) is 18.2 Å². The molecule has 1 N–H and O–H groups in total. The topological polar surface area (TPSA) is 15.3 Å². The third kappa shape index (κ3) is 2.14. The van der Waals surface area contributed by atoms with Gasteiger partial charge in [0.1, 0.15) is 5.82 Å². The number of hydrogen-bond acceptors (Lipinski definition) is 2.